The smallest absolute Gasteiger partial charge is 0.338 e. The van der Waals surface area contributed by atoms with Gasteiger partial charge < -0.3 is 14.2 Å². The SMILES string of the molecule is CC(F)(F)COC(=O)C1COC(c2ccccc2)(c2ccc(-c3ccccc3)cc2)O1. The number of ether oxygens (including phenoxy) is 3. The van der Waals surface area contributed by atoms with Gasteiger partial charge in [-0.15, -0.1) is 0 Å². The van der Waals surface area contributed by atoms with E-state index in [2.05, 4.69) is 0 Å². The highest BCUT2D eigenvalue weighted by molar-refractivity contribution is 5.75. The number of carbonyl (C=O) groups excluding carboxylic acids is 1. The van der Waals surface area contributed by atoms with Gasteiger partial charge in [-0.25, -0.2) is 13.6 Å². The molecule has 2 atom stereocenters. The molecule has 1 saturated heterocycles. The number of hydrogen-bond donors (Lipinski definition) is 0. The zero-order valence-corrected chi connectivity index (χ0v) is 17.0. The average molecular weight is 424 g/mol. The molecule has 1 aliphatic rings. The Bertz CT molecular complexity index is 1020. The van der Waals surface area contributed by atoms with Crippen LogP contribution in [-0.2, 0) is 24.8 Å². The molecule has 0 radical (unpaired) electrons. The minimum Gasteiger partial charge on any atom is -0.457 e. The van der Waals surface area contributed by atoms with Gasteiger partial charge in [0.15, 0.2) is 12.7 Å². The average Bonchev–Trinajstić information content (AvgIpc) is 3.25. The normalized spacial score (nSPS) is 21.1. The first kappa shape index (κ1) is 21.2. The molecule has 3 aromatic rings. The fourth-order valence-corrected chi connectivity index (χ4v) is 3.51. The van der Waals surface area contributed by atoms with Crippen LogP contribution in [-0.4, -0.2) is 31.2 Å². The van der Waals surface area contributed by atoms with Gasteiger partial charge in [-0.3, -0.25) is 0 Å². The van der Waals surface area contributed by atoms with Gasteiger partial charge in [0.25, 0.3) is 5.92 Å². The number of halogens is 2. The van der Waals surface area contributed by atoms with Crippen molar-refractivity contribution in [1.82, 2.24) is 0 Å². The van der Waals surface area contributed by atoms with Crippen molar-refractivity contribution in [1.29, 1.82) is 0 Å². The Kier molecular flexibility index (Phi) is 5.85. The molecule has 3 aromatic carbocycles. The Labute approximate surface area is 179 Å². The fraction of sp³-hybridized carbons (Fsp3) is 0.240. The maximum atomic E-state index is 13.1. The molecule has 0 saturated carbocycles. The molecular weight excluding hydrogens is 402 g/mol. The van der Waals surface area contributed by atoms with Crippen LogP contribution >= 0.6 is 0 Å². The molecule has 31 heavy (non-hydrogen) atoms. The number of carbonyl (C=O) groups is 1. The maximum absolute atomic E-state index is 13.1. The van der Waals surface area contributed by atoms with Crippen molar-refractivity contribution in [2.45, 2.75) is 24.7 Å². The first-order chi connectivity index (χ1) is 14.9. The van der Waals surface area contributed by atoms with E-state index in [1.54, 1.807) is 0 Å². The van der Waals surface area contributed by atoms with Crippen molar-refractivity contribution >= 4 is 5.97 Å². The third-order valence-electron chi connectivity index (χ3n) is 5.00. The summed E-state index contributed by atoms with van der Waals surface area (Å²) in [4.78, 5) is 12.3. The van der Waals surface area contributed by atoms with Gasteiger partial charge in [-0.05, 0) is 11.1 Å². The van der Waals surface area contributed by atoms with Gasteiger partial charge >= 0.3 is 5.97 Å². The summed E-state index contributed by atoms with van der Waals surface area (Å²) in [5.41, 5.74) is 3.47. The van der Waals surface area contributed by atoms with E-state index in [0.29, 0.717) is 18.1 Å². The summed E-state index contributed by atoms with van der Waals surface area (Å²) >= 11 is 0. The molecule has 0 aliphatic carbocycles. The van der Waals surface area contributed by atoms with Crippen LogP contribution in [0.4, 0.5) is 8.78 Å². The molecule has 4 rings (SSSR count). The first-order valence-electron chi connectivity index (χ1n) is 9.95. The summed E-state index contributed by atoms with van der Waals surface area (Å²) in [6.07, 6.45) is -1.11. The molecule has 1 aliphatic heterocycles. The van der Waals surface area contributed by atoms with Crippen molar-refractivity contribution in [3.8, 4) is 11.1 Å². The molecule has 160 valence electrons. The second-order valence-corrected chi connectivity index (χ2v) is 7.52. The molecule has 4 nitrogen and oxygen atoms in total. The predicted molar refractivity (Wildman–Crippen MR) is 112 cm³/mol. The van der Waals surface area contributed by atoms with Crippen LogP contribution < -0.4 is 0 Å². The van der Waals surface area contributed by atoms with Crippen molar-refractivity contribution in [3.05, 3.63) is 96.1 Å². The molecule has 1 heterocycles. The summed E-state index contributed by atoms with van der Waals surface area (Å²) in [5.74, 6) is -5.33. The minimum absolute atomic E-state index is 0.108. The van der Waals surface area contributed by atoms with Crippen molar-refractivity contribution in [2.24, 2.45) is 0 Å². The predicted octanol–water partition coefficient (Wildman–Crippen LogP) is 5.17. The second kappa shape index (κ2) is 8.57. The van der Waals surface area contributed by atoms with E-state index in [9.17, 15) is 13.6 Å². The van der Waals surface area contributed by atoms with Gasteiger partial charge in [0.1, 0.15) is 0 Å². The van der Waals surface area contributed by atoms with E-state index >= 15 is 0 Å². The molecule has 0 N–H and O–H groups in total. The summed E-state index contributed by atoms with van der Waals surface area (Å²) < 4.78 is 43.0. The molecule has 0 aromatic heterocycles. The highest BCUT2D eigenvalue weighted by Gasteiger charge is 2.48. The minimum atomic E-state index is -3.11. The van der Waals surface area contributed by atoms with Gasteiger partial charge in [0.2, 0.25) is 5.79 Å². The van der Waals surface area contributed by atoms with Gasteiger partial charge in [0.05, 0.1) is 6.61 Å². The highest BCUT2D eigenvalue weighted by Crippen LogP contribution is 2.41. The monoisotopic (exact) mass is 424 g/mol. The molecule has 0 amide bonds. The number of benzene rings is 3. The molecule has 2 unspecified atom stereocenters. The Hall–Kier alpha value is -3.09. The Morgan fingerprint density at radius 1 is 0.935 bits per heavy atom. The van der Waals surface area contributed by atoms with Gasteiger partial charge in [0, 0.05) is 18.1 Å². The Morgan fingerprint density at radius 3 is 2.10 bits per heavy atom. The zero-order chi connectivity index (χ0) is 21.9. The van der Waals surface area contributed by atoms with Crippen LogP contribution in [0.2, 0.25) is 0 Å². The molecule has 0 spiro atoms. The second-order valence-electron chi connectivity index (χ2n) is 7.52. The first-order valence-corrected chi connectivity index (χ1v) is 9.95. The number of rotatable bonds is 6. The molecule has 1 fully saturated rings. The largest absolute Gasteiger partial charge is 0.457 e. The Morgan fingerprint density at radius 2 is 1.48 bits per heavy atom. The van der Waals surface area contributed by atoms with Crippen LogP contribution in [0.3, 0.4) is 0 Å². The van der Waals surface area contributed by atoms with Crippen LogP contribution in [0.5, 0.6) is 0 Å². The van der Waals surface area contributed by atoms with Crippen LogP contribution in [0.1, 0.15) is 18.1 Å². The van der Waals surface area contributed by atoms with Gasteiger partial charge in [-0.1, -0.05) is 84.9 Å². The molecule has 6 heteroatoms. The van der Waals surface area contributed by atoms with Crippen LogP contribution in [0.25, 0.3) is 11.1 Å². The van der Waals surface area contributed by atoms with E-state index in [-0.39, 0.29) is 6.61 Å². The quantitative estimate of drug-likeness (QED) is 0.512. The van der Waals surface area contributed by atoms with Crippen molar-refractivity contribution in [3.63, 3.8) is 0 Å². The third kappa shape index (κ3) is 4.65. The molecular formula is C25H22F2O4. The van der Waals surface area contributed by atoms with E-state index in [0.717, 1.165) is 11.1 Å². The Balaban J connectivity index is 1.62. The van der Waals surface area contributed by atoms with Crippen molar-refractivity contribution < 1.29 is 27.8 Å². The third-order valence-corrected chi connectivity index (χ3v) is 5.00. The molecule has 0 bridgehead atoms. The highest BCUT2D eigenvalue weighted by atomic mass is 19.3. The van der Waals surface area contributed by atoms with Crippen molar-refractivity contribution in [2.75, 3.05) is 13.2 Å². The lowest BCUT2D eigenvalue weighted by atomic mass is 9.95. The van der Waals surface area contributed by atoms with Crippen LogP contribution in [0.15, 0.2) is 84.9 Å². The fourth-order valence-electron chi connectivity index (χ4n) is 3.51. The maximum Gasteiger partial charge on any atom is 0.338 e. The van der Waals surface area contributed by atoms with E-state index in [4.69, 9.17) is 14.2 Å². The standard InChI is InChI=1S/C25H22F2O4/c1-24(26,27)17-29-23(28)22-16-30-25(31-22,20-10-6-3-7-11-20)21-14-12-19(13-15-21)18-8-4-2-5-9-18/h2-15,22H,16-17H2,1H3. The number of esters is 1. The topological polar surface area (TPSA) is 44.8 Å². The van der Waals surface area contributed by atoms with E-state index in [1.807, 2.05) is 84.9 Å². The van der Waals surface area contributed by atoms with Gasteiger partial charge in [-0.2, -0.15) is 0 Å². The summed E-state index contributed by atoms with van der Waals surface area (Å²) in [7, 11) is 0. The van der Waals surface area contributed by atoms with E-state index in [1.165, 1.54) is 0 Å². The number of hydrogen-bond acceptors (Lipinski definition) is 4. The summed E-state index contributed by atoms with van der Waals surface area (Å²) in [5, 5.41) is 0. The lowest BCUT2D eigenvalue weighted by Crippen LogP contribution is -2.34. The van der Waals surface area contributed by atoms with Crippen LogP contribution in [0, 0.1) is 0 Å². The summed E-state index contributed by atoms with van der Waals surface area (Å²) in [6.45, 7) is -0.423. The lowest BCUT2D eigenvalue weighted by molar-refractivity contribution is -0.177. The van der Waals surface area contributed by atoms with E-state index < -0.39 is 30.4 Å². The zero-order valence-electron chi connectivity index (χ0n) is 17.0. The number of alkyl halides is 2. The lowest BCUT2D eigenvalue weighted by Gasteiger charge is -2.29. The summed E-state index contributed by atoms with van der Waals surface area (Å²) in [6, 6.07) is 26.8.